The predicted molar refractivity (Wildman–Crippen MR) is 78.0 cm³/mol. The summed E-state index contributed by atoms with van der Waals surface area (Å²) in [6.07, 6.45) is 1.35. The second-order valence-corrected chi connectivity index (χ2v) is 8.08. The second-order valence-electron chi connectivity index (χ2n) is 5.49. The maximum atomic E-state index is 13.8. The Morgan fingerprint density at radius 3 is 2.59 bits per heavy atom. The van der Waals surface area contributed by atoms with Crippen LogP contribution in [0, 0.1) is 11.7 Å². The fraction of sp³-hybridized carbons (Fsp3) is 0.462. The van der Waals surface area contributed by atoms with E-state index in [1.54, 1.807) is 0 Å². The highest BCUT2D eigenvalue weighted by Gasteiger charge is 2.54. The molecule has 2 aliphatic heterocycles. The number of fused-ring (bicyclic) bond motifs is 2. The van der Waals surface area contributed by atoms with Crippen molar-refractivity contribution in [3.8, 4) is 0 Å². The number of nitrogens with zero attached hydrogens (tertiary/aromatic N) is 1. The second kappa shape index (κ2) is 5.33. The molecular weight excluding hydrogens is 356 g/mol. The molecule has 2 fully saturated rings. The molecule has 1 N–H and O–H groups in total. The van der Waals surface area contributed by atoms with Crippen LogP contribution in [0.15, 0.2) is 17.0 Å². The van der Waals surface area contributed by atoms with E-state index >= 15 is 0 Å². The van der Waals surface area contributed by atoms with Crippen molar-refractivity contribution >= 4 is 39.2 Å². The third-order valence-corrected chi connectivity index (χ3v) is 7.14. The Hall–Kier alpha value is -0.890. The third-order valence-electron chi connectivity index (χ3n) is 4.35. The van der Waals surface area contributed by atoms with Gasteiger partial charge in [0.15, 0.2) is 5.82 Å². The van der Waals surface area contributed by atoms with Gasteiger partial charge in [0, 0.05) is 12.1 Å². The quantitative estimate of drug-likeness (QED) is 0.833. The topological polar surface area (TPSA) is 74.7 Å². The summed E-state index contributed by atoms with van der Waals surface area (Å²) in [5, 5.41) is 8.37. The maximum absolute atomic E-state index is 13.8. The highest BCUT2D eigenvalue weighted by molar-refractivity contribution is 7.89. The lowest BCUT2D eigenvalue weighted by atomic mass is 9.89. The van der Waals surface area contributed by atoms with E-state index in [4.69, 9.17) is 23.2 Å². The van der Waals surface area contributed by atoms with Crippen molar-refractivity contribution in [2.75, 3.05) is 0 Å². The van der Waals surface area contributed by atoms with E-state index in [0.717, 1.165) is 12.1 Å². The number of benzene rings is 1. The summed E-state index contributed by atoms with van der Waals surface area (Å²) >= 11 is 11.4. The number of halogens is 3. The van der Waals surface area contributed by atoms with Crippen LogP contribution in [0.2, 0.25) is 10.0 Å². The maximum Gasteiger partial charge on any atom is 0.308 e. The third kappa shape index (κ3) is 2.22. The van der Waals surface area contributed by atoms with Gasteiger partial charge >= 0.3 is 5.97 Å². The summed E-state index contributed by atoms with van der Waals surface area (Å²) < 4.78 is 40.5. The van der Waals surface area contributed by atoms with Gasteiger partial charge in [-0.25, -0.2) is 12.8 Å². The molecule has 2 bridgehead atoms. The van der Waals surface area contributed by atoms with Gasteiger partial charge in [-0.05, 0) is 31.4 Å². The predicted octanol–water partition coefficient (Wildman–Crippen LogP) is 2.76. The van der Waals surface area contributed by atoms with Gasteiger partial charge in [-0.15, -0.1) is 0 Å². The lowest BCUT2D eigenvalue weighted by Gasteiger charge is -2.23. The van der Waals surface area contributed by atoms with Crippen LogP contribution >= 0.6 is 23.2 Å². The average molecular weight is 368 g/mol. The Labute approximate surface area is 136 Å². The summed E-state index contributed by atoms with van der Waals surface area (Å²) in [5.41, 5.74) is 0. The summed E-state index contributed by atoms with van der Waals surface area (Å²) in [5.74, 6) is -2.74. The van der Waals surface area contributed by atoms with Crippen LogP contribution < -0.4 is 0 Å². The molecule has 3 atom stereocenters. The molecule has 3 rings (SSSR count). The molecule has 5 nitrogen and oxygen atoms in total. The zero-order chi connectivity index (χ0) is 16.2. The Balaban J connectivity index is 2.05. The van der Waals surface area contributed by atoms with Crippen LogP contribution in [0.3, 0.4) is 0 Å². The number of carboxylic acids is 1. The van der Waals surface area contributed by atoms with Crippen molar-refractivity contribution in [1.29, 1.82) is 0 Å². The van der Waals surface area contributed by atoms with Crippen molar-refractivity contribution < 1.29 is 22.7 Å². The van der Waals surface area contributed by atoms with Crippen molar-refractivity contribution in [1.82, 2.24) is 4.31 Å². The van der Waals surface area contributed by atoms with Crippen molar-refractivity contribution in [2.24, 2.45) is 5.92 Å². The van der Waals surface area contributed by atoms with Gasteiger partial charge in [-0.3, -0.25) is 4.79 Å². The molecule has 0 aliphatic carbocycles. The van der Waals surface area contributed by atoms with Crippen molar-refractivity contribution in [3.63, 3.8) is 0 Å². The first kappa shape index (κ1) is 16.0. The number of hydrogen-bond acceptors (Lipinski definition) is 3. The van der Waals surface area contributed by atoms with Gasteiger partial charge in [0.25, 0.3) is 0 Å². The number of carbonyl (C=O) groups is 1. The highest BCUT2D eigenvalue weighted by Crippen LogP contribution is 2.46. The molecule has 3 unspecified atom stereocenters. The van der Waals surface area contributed by atoms with E-state index in [-0.39, 0.29) is 22.4 Å². The number of hydrogen-bond donors (Lipinski definition) is 1. The minimum Gasteiger partial charge on any atom is -0.481 e. The molecule has 22 heavy (non-hydrogen) atoms. The minimum atomic E-state index is -4.07. The van der Waals surface area contributed by atoms with Crippen molar-refractivity contribution in [2.45, 2.75) is 36.2 Å². The zero-order valence-corrected chi connectivity index (χ0v) is 13.5. The van der Waals surface area contributed by atoms with E-state index in [1.807, 2.05) is 0 Å². The van der Waals surface area contributed by atoms with E-state index in [1.165, 1.54) is 4.31 Å². The fourth-order valence-electron chi connectivity index (χ4n) is 3.40. The van der Waals surface area contributed by atoms with Gasteiger partial charge in [0.1, 0.15) is 4.90 Å². The molecule has 0 amide bonds. The lowest BCUT2D eigenvalue weighted by molar-refractivity contribution is -0.142. The lowest BCUT2D eigenvalue weighted by Crippen LogP contribution is -2.38. The summed E-state index contributed by atoms with van der Waals surface area (Å²) in [7, 11) is -4.07. The van der Waals surface area contributed by atoms with E-state index in [9.17, 15) is 22.7 Å². The summed E-state index contributed by atoms with van der Waals surface area (Å²) in [6.45, 7) is 0. The molecule has 2 heterocycles. The molecule has 1 aromatic carbocycles. The Kier molecular flexibility index (Phi) is 3.87. The van der Waals surface area contributed by atoms with Crippen molar-refractivity contribution in [3.05, 3.63) is 28.0 Å². The van der Waals surface area contributed by atoms with Crippen LogP contribution in [-0.2, 0) is 14.8 Å². The zero-order valence-electron chi connectivity index (χ0n) is 11.2. The SMILES string of the molecule is O=C(O)C1CC2CCC1N2S(=O)(=O)c1ccc(Cl)c(F)c1Cl. The Morgan fingerprint density at radius 1 is 1.32 bits per heavy atom. The standard InChI is InChI=1S/C13H12Cl2FNO4S/c14-8-2-4-10(11(15)12(8)16)22(20,21)17-6-1-3-9(17)7(5-6)13(18)19/h2,4,6-7,9H,1,3,5H2,(H,18,19). The number of rotatable bonds is 3. The normalized spacial score (nSPS) is 28.2. The van der Waals surface area contributed by atoms with Gasteiger partial charge in [0.2, 0.25) is 10.0 Å². The van der Waals surface area contributed by atoms with E-state index in [0.29, 0.717) is 12.8 Å². The summed E-state index contributed by atoms with van der Waals surface area (Å²) in [4.78, 5) is 10.9. The molecule has 0 spiro atoms. The van der Waals surface area contributed by atoms with Gasteiger partial charge in [-0.2, -0.15) is 4.31 Å². The van der Waals surface area contributed by atoms with Crippen LogP contribution in [0.1, 0.15) is 19.3 Å². The van der Waals surface area contributed by atoms with Gasteiger partial charge in [-0.1, -0.05) is 23.2 Å². The van der Waals surface area contributed by atoms with E-state index < -0.39 is 38.8 Å². The van der Waals surface area contributed by atoms with Gasteiger partial charge in [0.05, 0.1) is 16.0 Å². The highest BCUT2D eigenvalue weighted by atomic mass is 35.5. The monoisotopic (exact) mass is 367 g/mol. The minimum absolute atomic E-state index is 0.267. The smallest absolute Gasteiger partial charge is 0.308 e. The first-order chi connectivity index (χ1) is 10.2. The number of carboxylic acid groups (broad SMARTS) is 1. The molecule has 0 aromatic heterocycles. The van der Waals surface area contributed by atoms with Crippen LogP contribution in [0.5, 0.6) is 0 Å². The van der Waals surface area contributed by atoms with E-state index in [2.05, 4.69) is 0 Å². The molecule has 2 saturated heterocycles. The van der Waals surface area contributed by atoms with Gasteiger partial charge < -0.3 is 5.11 Å². The molecule has 2 aliphatic rings. The fourth-order valence-corrected chi connectivity index (χ4v) is 6.04. The molecule has 120 valence electrons. The first-order valence-electron chi connectivity index (χ1n) is 6.65. The first-order valence-corrected chi connectivity index (χ1v) is 8.84. The molecule has 0 radical (unpaired) electrons. The molecule has 1 aromatic rings. The molecule has 0 saturated carbocycles. The van der Waals surface area contributed by atoms with Crippen LogP contribution in [0.4, 0.5) is 4.39 Å². The van der Waals surface area contributed by atoms with Crippen LogP contribution in [0.25, 0.3) is 0 Å². The van der Waals surface area contributed by atoms with Crippen LogP contribution in [-0.4, -0.2) is 35.9 Å². The number of aliphatic carboxylic acids is 1. The average Bonchev–Trinajstić information content (AvgIpc) is 3.03. The largest absolute Gasteiger partial charge is 0.481 e. The molecular formula is C13H12Cl2FNO4S. The Bertz CT molecular complexity index is 755. The summed E-state index contributed by atoms with van der Waals surface area (Å²) in [6, 6.07) is 1.28. The molecule has 9 heteroatoms. The Morgan fingerprint density at radius 2 is 2.00 bits per heavy atom. The number of sulfonamides is 1.